The second kappa shape index (κ2) is 5.35. The Labute approximate surface area is 114 Å². The van der Waals surface area contributed by atoms with Crippen molar-refractivity contribution in [3.05, 3.63) is 58.0 Å². The molecule has 7 heteroatoms. The van der Waals surface area contributed by atoms with E-state index in [1.165, 1.54) is 25.2 Å². The van der Waals surface area contributed by atoms with Crippen LogP contribution in [0.5, 0.6) is 0 Å². The summed E-state index contributed by atoms with van der Waals surface area (Å²) in [7, 11) is 1.44. The van der Waals surface area contributed by atoms with Gasteiger partial charge in [-0.25, -0.2) is 4.68 Å². The Bertz CT molecular complexity index is 736. The highest BCUT2D eigenvalue weighted by Gasteiger charge is 2.13. The summed E-state index contributed by atoms with van der Waals surface area (Å²) < 4.78 is 1.05. The van der Waals surface area contributed by atoms with Crippen molar-refractivity contribution in [2.24, 2.45) is 12.8 Å². The first-order valence-electron chi connectivity index (χ1n) is 5.73. The van der Waals surface area contributed by atoms with Crippen molar-refractivity contribution in [1.82, 2.24) is 9.78 Å². The van der Waals surface area contributed by atoms with Gasteiger partial charge < -0.3 is 11.1 Å². The number of carbonyl (C=O) groups excluding carboxylic acids is 2. The lowest BCUT2D eigenvalue weighted by atomic mass is 10.1. The van der Waals surface area contributed by atoms with Gasteiger partial charge in [-0.2, -0.15) is 5.10 Å². The van der Waals surface area contributed by atoms with E-state index in [4.69, 9.17) is 5.73 Å². The minimum atomic E-state index is -0.644. The molecule has 7 nitrogen and oxygen atoms in total. The summed E-state index contributed by atoms with van der Waals surface area (Å²) in [5.41, 5.74) is 5.45. The number of aromatic nitrogens is 2. The van der Waals surface area contributed by atoms with Gasteiger partial charge in [0.2, 0.25) is 0 Å². The van der Waals surface area contributed by atoms with Crippen LogP contribution in [-0.4, -0.2) is 21.6 Å². The van der Waals surface area contributed by atoms with Gasteiger partial charge in [0.25, 0.3) is 17.4 Å². The highest BCUT2D eigenvalue weighted by atomic mass is 16.2. The zero-order valence-corrected chi connectivity index (χ0v) is 10.7. The van der Waals surface area contributed by atoms with E-state index in [1.54, 1.807) is 18.2 Å². The van der Waals surface area contributed by atoms with E-state index in [9.17, 15) is 14.4 Å². The molecule has 3 N–H and O–H groups in total. The minimum Gasteiger partial charge on any atom is -0.366 e. The maximum Gasteiger partial charge on any atom is 0.276 e. The number of benzene rings is 1. The molecule has 0 unspecified atom stereocenters. The number of amides is 2. The molecule has 0 atom stereocenters. The van der Waals surface area contributed by atoms with Gasteiger partial charge in [0.05, 0.1) is 11.3 Å². The van der Waals surface area contributed by atoms with Crippen LogP contribution in [0.1, 0.15) is 20.8 Å². The van der Waals surface area contributed by atoms with Crippen LogP contribution in [0.3, 0.4) is 0 Å². The molecule has 2 amide bonds. The number of anilines is 1. The SMILES string of the molecule is Cn1nc(C(=O)Nc2ccccc2C(N)=O)ccc1=O. The Morgan fingerprint density at radius 3 is 2.55 bits per heavy atom. The highest BCUT2D eigenvalue weighted by molar-refractivity contribution is 6.07. The van der Waals surface area contributed by atoms with Crippen LogP contribution in [-0.2, 0) is 7.05 Å². The Kier molecular flexibility index (Phi) is 3.60. The molecule has 0 aliphatic carbocycles. The summed E-state index contributed by atoms with van der Waals surface area (Å²) >= 11 is 0. The van der Waals surface area contributed by atoms with Gasteiger partial charge in [0, 0.05) is 13.1 Å². The molecular formula is C13H12N4O3. The third-order valence-corrected chi connectivity index (χ3v) is 2.63. The Balaban J connectivity index is 2.30. The molecule has 0 aliphatic heterocycles. The van der Waals surface area contributed by atoms with Crippen molar-refractivity contribution in [3.8, 4) is 0 Å². The van der Waals surface area contributed by atoms with Gasteiger partial charge >= 0.3 is 0 Å². The molecule has 0 saturated carbocycles. The summed E-state index contributed by atoms with van der Waals surface area (Å²) in [4.78, 5) is 34.5. The number of nitrogens with two attached hydrogens (primary N) is 1. The van der Waals surface area contributed by atoms with Crippen LogP contribution in [0.4, 0.5) is 5.69 Å². The maximum atomic E-state index is 12.0. The minimum absolute atomic E-state index is 0.0615. The van der Waals surface area contributed by atoms with Gasteiger partial charge in [-0.05, 0) is 18.2 Å². The smallest absolute Gasteiger partial charge is 0.276 e. The fourth-order valence-corrected chi connectivity index (χ4v) is 1.62. The fraction of sp³-hybridized carbons (Fsp3) is 0.0769. The lowest BCUT2D eigenvalue weighted by Crippen LogP contribution is -2.24. The molecule has 0 radical (unpaired) electrons. The average molecular weight is 272 g/mol. The summed E-state index contributed by atoms with van der Waals surface area (Å²) in [5, 5.41) is 6.36. The third-order valence-electron chi connectivity index (χ3n) is 2.63. The van der Waals surface area contributed by atoms with Crippen LogP contribution >= 0.6 is 0 Å². The van der Waals surface area contributed by atoms with Gasteiger partial charge in [-0.15, -0.1) is 0 Å². The summed E-state index contributed by atoms with van der Waals surface area (Å²) in [5.74, 6) is -1.18. The number of aryl methyl sites for hydroxylation is 1. The second-order valence-corrected chi connectivity index (χ2v) is 4.04. The predicted molar refractivity (Wildman–Crippen MR) is 72.4 cm³/mol. The largest absolute Gasteiger partial charge is 0.366 e. The first kappa shape index (κ1) is 13.5. The molecule has 0 saturated heterocycles. The molecular weight excluding hydrogens is 260 g/mol. The lowest BCUT2D eigenvalue weighted by molar-refractivity contribution is 0.100. The Morgan fingerprint density at radius 1 is 1.20 bits per heavy atom. The van der Waals surface area contributed by atoms with E-state index < -0.39 is 11.8 Å². The molecule has 1 aromatic carbocycles. The third kappa shape index (κ3) is 2.72. The number of hydrogen-bond donors (Lipinski definition) is 2. The van der Waals surface area contributed by atoms with Crippen molar-refractivity contribution in [2.45, 2.75) is 0 Å². The van der Waals surface area contributed by atoms with Gasteiger partial charge in [-0.1, -0.05) is 12.1 Å². The molecule has 20 heavy (non-hydrogen) atoms. The summed E-state index contributed by atoms with van der Waals surface area (Å²) in [6.07, 6.45) is 0. The van der Waals surface area contributed by atoms with E-state index >= 15 is 0 Å². The monoisotopic (exact) mass is 272 g/mol. The fourth-order valence-electron chi connectivity index (χ4n) is 1.62. The van der Waals surface area contributed by atoms with Gasteiger partial charge in [0.1, 0.15) is 5.69 Å². The standard InChI is InChI=1S/C13H12N4O3/c1-17-11(18)7-6-10(16-17)13(20)15-9-5-3-2-4-8(9)12(14)19/h2-7H,1H3,(H2,14,19)(H,15,20). The highest BCUT2D eigenvalue weighted by Crippen LogP contribution is 2.14. The molecule has 0 aliphatic rings. The lowest BCUT2D eigenvalue weighted by Gasteiger charge is -2.08. The van der Waals surface area contributed by atoms with E-state index in [0.29, 0.717) is 5.69 Å². The van der Waals surface area contributed by atoms with Crippen molar-refractivity contribution in [3.63, 3.8) is 0 Å². The first-order valence-corrected chi connectivity index (χ1v) is 5.73. The average Bonchev–Trinajstić information content (AvgIpc) is 2.42. The molecule has 0 spiro atoms. The van der Waals surface area contributed by atoms with E-state index in [0.717, 1.165) is 4.68 Å². The number of hydrogen-bond acceptors (Lipinski definition) is 4. The Hall–Kier alpha value is -2.96. The molecule has 0 fully saturated rings. The summed E-state index contributed by atoms with van der Waals surface area (Å²) in [6.45, 7) is 0. The topological polar surface area (TPSA) is 107 Å². The molecule has 102 valence electrons. The van der Waals surface area contributed by atoms with E-state index in [-0.39, 0.29) is 16.8 Å². The second-order valence-electron chi connectivity index (χ2n) is 4.04. The predicted octanol–water partition coefficient (Wildman–Crippen LogP) is 0.132. The first-order chi connectivity index (χ1) is 9.49. The molecule has 2 aromatic rings. The molecule has 0 bridgehead atoms. The number of primary amides is 1. The quantitative estimate of drug-likeness (QED) is 0.828. The van der Waals surface area contributed by atoms with Crippen LogP contribution in [0.2, 0.25) is 0 Å². The molecule has 1 heterocycles. The number of para-hydroxylation sites is 1. The van der Waals surface area contributed by atoms with Gasteiger partial charge in [-0.3, -0.25) is 14.4 Å². The number of carbonyl (C=O) groups is 2. The zero-order valence-electron chi connectivity index (χ0n) is 10.7. The van der Waals surface area contributed by atoms with Crippen LogP contribution in [0, 0.1) is 0 Å². The number of nitrogens with zero attached hydrogens (tertiary/aromatic N) is 2. The van der Waals surface area contributed by atoms with Crippen molar-refractivity contribution < 1.29 is 9.59 Å². The van der Waals surface area contributed by atoms with Crippen molar-refractivity contribution in [2.75, 3.05) is 5.32 Å². The Morgan fingerprint density at radius 2 is 1.90 bits per heavy atom. The number of rotatable bonds is 3. The summed E-state index contributed by atoms with van der Waals surface area (Å²) in [6, 6.07) is 8.91. The normalized spacial score (nSPS) is 10.1. The van der Waals surface area contributed by atoms with Crippen molar-refractivity contribution >= 4 is 17.5 Å². The number of nitrogens with one attached hydrogen (secondary N) is 1. The van der Waals surface area contributed by atoms with E-state index in [2.05, 4.69) is 10.4 Å². The van der Waals surface area contributed by atoms with E-state index in [1.807, 2.05) is 0 Å². The van der Waals surface area contributed by atoms with Crippen LogP contribution in [0.15, 0.2) is 41.2 Å². The van der Waals surface area contributed by atoms with Gasteiger partial charge in [0.15, 0.2) is 0 Å². The maximum absolute atomic E-state index is 12.0. The van der Waals surface area contributed by atoms with Crippen LogP contribution in [0.25, 0.3) is 0 Å². The zero-order chi connectivity index (χ0) is 14.7. The molecule has 1 aromatic heterocycles. The van der Waals surface area contributed by atoms with Crippen molar-refractivity contribution in [1.29, 1.82) is 0 Å². The van der Waals surface area contributed by atoms with Crippen LogP contribution < -0.4 is 16.6 Å². The molecule has 2 rings (SSSR count).